The van der Waals surface area contributed by atoms with Crippen molar-refractivity contribution in [3.63, 3.8) is 0 Å². The largest absolute Gasteiger partial charge is 0.493 e. The molecule has 2 aromatic rings. The molecule has 0 spiro atoms. The lowest BCUT2D eigenvalue weighted by molar-refractivity contribution is 0.300. The third kappa shape index (κ3) is 3.68. The lowest BCUT2D eigenvalue weighted by Crippen LogP contribution is -2.19. The molecule has 0 aliphatic carbocycles. The Bertz CT molecular complexity index is 643. The third-order valence-electron chi connectivity index (χ3n) is 2.57. The standard InChI is InChI=1S/C14H13N3O2/c15-10-12-3-1-4-13(9-12)19-8-2-7-17-11-16-6-5-14(17)18/h1,3-6,9,11H,2,7-8H2. The molecule has 0 bridgehead atoms. The molecular weight excluding hydrogens is 242 g/mol. The van der Waals surface area contributed by atoms with Gasteiger partial charge in [0.15, 0.2) is 0 Å². The Morgan fingerprint density at radius 2 is 2.26 bits per heavy atom. The van der Waals surface area contributed by atoms with E-state index in [0.717, 1.165) is 0 Å². The van der Waals surface area contributed by atoms with Crippen molar-refractivity contribution in [2.24, 2.45) is 0 Å². The highest BCUT2D eigenvalue weighted by Gasteiger charge is 1.98. The second-order valence-electron chi connectivity index (χ2n) is 3.95. The van der Waals surface area contributed by atoms with Crippen LogP contribution in [0.3, 0.4) is 0 Å². The molecule has 0 N–H and O–H groups in total. The van der Waals surface area contributed by atoms with E-state index in [1.165, 1.54) is 23.2 Å². The van der Waals surface area contributed by atoms with Crippen LogP contribution in [0.25, 0.3) is 0 Å². The van der Waals surface area contributed by atoms with E-state index in [-0.39, 0.29) is 5.56 Å². The number of nitrogens with zero attached hydrogens (tertiary/aromatic N) is 3. The summed E-state index contributed by atoms with van der Waals surface area (Å²) < 4.78 is 7.06. The van der Waals surface area contributed by atoms with Crippen molar-refractivity contribution < 1.29 is 4.74 Å². The van der Waals surface area contributed by atoms with Crippen LogP contribution in [0.1, 0.15) is 12.0 Å². The fourth-order valence-corrected chi connectivity index (χ4v) is 1.63. The van der Waals surface area contributed by atoms with Gasteiger partial charge in [-0.25, -0.2) is 4.98 Å². The minimum Gasteiger partial charge on any atom is -0.493 e. The van der Waals surface area contributed by atoms with Crippen molar-refractivity contribution in [2.45, 2.75) is 13.0 Å². The number of hydrogen-bond donors (Lipinski definition) is 0. The molecule has 0 aliphatic rings. The minimum atomic E-state index is -0.0681. The van der Waals surface area contributed by atoms with Crippen LogP contribution in [0.4, 0.5) is 0 Å². The summed E-state index contributed by atoms with van der Waals surface area (Å²) in [5, 5.41) is 8.76. The van der Waals surface area contributed by atoms with Crippen molar-refractivity contribution in [1.82, 2.24) is 9.55 Å². The highest BCUT2D eigenvalue weighted by molar-refractivity contribution is 5.36. The van der Waals surface area contributed by atoms with Gasteiger partial charge in [0.05, 0.1) is 24.6 Å². The van der Waals surface area contributed by atoms with Crippen molar-refractivity contribution in [2.75, 3.05) is 6.61 Å². The smallest absolute Gasteiger partial charge is 0.253 e. The topological polar surface area (TPSA) is 67.9 Å². The first-order valence-electron chi connectivity index (χ1n) is 5.93. The molecule has 0 amide bonds. The number of aromatic nitrogens is 2. The Morgan fingerprint density at radius 1 is 1.37 bits per heavy atom. The maximum absolute atomic E-state index is 11.4. The van der Waals surface area contributed by atoms with Crippen molar-refractivity contribution in [3.8, 4) is 11.8 Å². The summed E-state index contributed by atoms with van der Waals surface area (Å²) in [6, 6.07) is 10.5. The van der Waals surface area contributed by atoms with Crippen molar-refractivity contribution in [1.29, 1.82) is 5.26 Å². The van der Waals surface area contributed by atoms with E-state index in [9.17, 15) is 4.79 Å². The second-order valence-corrected chi connectivity index (χ2v) is 3.95. The zero-order valence-electron chi connectivity index (χ0n) is 10.3. The Balaban J connectivity index is 1.83. The van der Waals surface area contributed by atoms with Gasteiger partial charge in [0.25, 0.3) is 5.56 Å². The van der Waals surface area contributed by atoms with Crippen LogP contribution in [0, 0.1) is 11.3 Å². The Hall–Kier alpha value is -2.61. The summed E-state index contributed by atoms with van der Waals surface area (Å²) in [7, 11) is 0. The highest BCUT2D eigenvalue weighted by Crippen LogP contribution is 2.12. The van der Waals surface area contributed by atoms with Crippen LogP contribution in [-0.4, -0.2) is 16.2 Å². The summed E-state index contributed by atoms with van der Waals surface area (Å²) in [5.74, 6) is 0.664. The summed E-state index contributed by atoms with van der Waals surface area (Å²) in [5.41, 5.74) is 0.502. The first-order valence-corrected chi connectivity index (χ1v) is 5.93. The van der Waals surface area contributed by atoms with E-state index in [2.05, 4.69) is 11.1 Å². The van der Waals surface area contributed by atoms with Crippen LogP contribution in [-0.2, 0) is 6.54 Å². The summed E-state index contributed by atoms with van der Waals surface area (Å²) in [6.07, 6.45) is 3.68. The van der Waals surface area contributed by atoms with Gasteiger partial charge in [0, 0.05) is 18.8 Å². The number of nitriles is 1. The molecule has 0 atom stereocenters. The van der Waals surface area contributed by atoms with Gasteiger partial charge in [0.1, 0.15) is 5.75 Å². The Morgan fingerprint density at radius 3 is 3.05 bits per heavy atom. The average Bonchev–Trinajstić information content (AvgIpc) is 2.45. The molecule has 0 saturated carbocycles. The molecule has 0 saturated heterocycles. The van der Waals surface area contributed by atoms with Gasteiger partial charge in [-0.15, -0.1) is 0 Å². The van der Waals surface area contributed by atoms with Crippen LogP contribution < -0.4 is 10.3 Å². The van der Waals surface area contributed by atoms with E-state index in [4.69, 9.17) is 10.00 Å². The first kappa shape index (κ1) is 12.8. The third-order valence-corrected chi connectivity index (χ3v) is 2.57. The van der Waals surface area contributed by atoms with E-state index in [1.54, 1.807) is 24.3 Å². The lowest BCUT2D eigenvalue weighted by Gasteiger charge is -2.07. The maximum Gasteiger partial charge on any atom is 0.253 e. The van der Waals surface area contributed by atoms with Gasteiger partial charge < -0.3 is 4.74 Å². The van der Waals surface area contributed by atoms with E-state index >= 15 is 0 Å². The zero-order chi connectivity index (χ0) is 13.5. The quantitative estimate of drug-likeness (QED) is 0.761. The summed E-state index contributed by atoms with van der Waals surface area (Å²) in [6.45, 7) is 1.04. The predicted molar refractivity (Wildman–Crippen MR) is 69.8 cm³/mol. The van der Waals surface area contributed by atoms with Crippen LogP contribution in [0.15, 0.2) is 47.7 Å². The molecule has 0 fully saturated rings. The molecule has 19 heavy (non-hydrogen) atoms. The predicted octanol–water partition coefficient (Wildman–Crippen LogP) is 1.58. The molecular formula is C14H13N3O2. The molecule has 5 heteroatoms. The number of benzene rings is 1. The number of rotatable bonds is 5. The first-order chi connectivity index (χ1) is 9.29. The van der Waals surface area contributed by atoms with Gasteiger partial charge in [-0.3, -0.25) is 9.36 Å². The molecule has 96 valence electrons. The molecule has 5 nitrogen and oxygen atoms in total. The van der Waals surface area contributed by atoms with Crippen LogP contribution >= 0.6 is 0 Å². The molecule has 2 rings (SSSR count). The molecule has 1 aromatic heterocycles. The minimum absolute atomic E-state index is 0.0681. The lowest BCUT2D eigenvalue weighted by atomic mass is 10.2. The number of aryl methyl sites for hydroxylation is 1. The monoisotopic (exact) mass is 255 g/mol. The van der Waals surface area contributed by atoms with Crippen molar-refractivity contribution in [3.05, 3.63) is 58.8 Å². The SMILES string of the molecule is N#Cc1cccc(OCCCn2cnccc2=O)c1. The average molecular weight is 255 g/mol. The molecule has 1 aromatic carbocycles. The fourth-order valence-electron chi connectivity index (χ4n) is 1.63. The summed E-state index contributed by atoms with van der Waals surface area (Å²) in [4.78, 5) is 15.3. The van der Waals surface area contributed by atoms with E-state index in [1.807, 2.05) is 0 Å². The number of ether oxygens (including phenoxy) is 1. The molecule has 0 aliphatic heterocycles. The second kappa shape index (κ2) is 6.36. The van der Waals surface area contributed by atoms with E-state index in [0.29, 0.717) is 30.9 Å². The van der Waals surface area contributed by atoms with E-state index < -0.39 is 0 Å². The zero-order valence-corrected chi connectivity index (χ0v) is 10.3. The van der Waals surface area contributed by atoms with Gasteiger partial charge in [-0.05, 0) is 24.6 Å². The van der Waals surface area contributed by atoms with Gasteiger partial charge in [-0.1, -0.05) is 6.07 Å². The number of hydrogen-bond acceptors (Lipinski definition) is 4. The highest BCUT2D eigenvalue weighted by atomic mass is 16.5. The Kier molecular flexibility index (Phi) is 4.29. The van der Waals surface area contributed by atoms with Crippen LogP contribution in [0.2, 0.25) is 0 Å². The fraction of sp³-hybridized carbons (Fsp3) is 0.214. The van der Waals surface area contributed by atoms with Crippen LogP contribution in [0.5, 0.6) is 5.75 Å². The van der Waals surface area contributed by atoms with Gasteiger partial charge in [0.2, 0.25) is 0 Å². The molecule has 1 heterocycles. The normalized spacial score (nSPS) is 9.84. The molecule has 0 radical (unpaired) electrons. The van der Waals surface area contributed by atoms with Crippen molar-refractivity contribution >= 4 is 0 Å². The van der Waals surface area contributed by atoms with Gasteiger partial charge >= 0.3 is 0 Å². The van der Waals surface area contributed by atoms with Gasteiger partial charge in [-0.2, -0.15) is 5.26 Å². The molecule has 0 unspecified atom stereocenters. The maximum atomic E-state index is 11.4. The summed E-state index contributed by atoms with van der Waals surface area (Å²) >= 11 is 0. The Labute approximate surface area is 110 Å².